The van der Waals surface area contributed by atoms with Crippen LogP contribution in [0.2, 0.25) is 0 Å². The highest BCUT2D eigenvalue weighted by molar-refractivity contribution is 9.10. The Morgan fingerprint density at radius 3 is 2.94 bits per heavy atom. The Kier molecular flexibility index (Phi) is 2.20. The number of nitrogens with one attached hydrogen (secondary N) is 1. The van der Waals surface area contributed by atoms with Crippen molar-refractivity contribution in [3.8, 4) is 0 Å². The number of halogens is 1. The first-order valence-corrected chi connectivity index (χ1v) is 6.45. The third-order valence-corrected chi connectivity index (χ3v) is 3.69. The fourth-order valence-electron chi connectivity index (χ4n) is 2.60. The zero-order valence-electron chi connectivity index (χ0n) is 9.80. The lowest BCUT2D eigenvalue weighted by atomic mass is 9.76. The lowest BCUT2D eigenvalue weighted by Gasteiger charge is -2.27. The lowest BCUT2D eigenvalue weighted by Crippen LogP contribution is -2.26. The maximum Gasteiger partial charge on any atom is 0.167 e. The molecule has 0 atom stereocenters. The van der Waals surface area contributed by atoms with Gasteiger partial charge in [-0.2, -0.15) is 0 Å². The fraction of sp³-hybridized carbons (Fsp3) is 0.385. The van der Waals surface area contributed by atoms with Gasteiger partial charge in [-0.05, 0) is 33.8 Å². The summed E-state index contributed by atoms with van der Waals surface area (Å²) in [6, 6.07) is 1.97. The zero-order valence-corrected chi connectivity index (χ0v) is 11.4. The number of rotatable bonds is 0. The fourth-order valence-corrected chi connectivity index (χ4v) is 2.93. The molecule has 3 nitrogen and oxygen atoms in total. The highest BCUT2D eigenvalue weighted by Crippen LogP contribution is 2.37. The number of ketones is 1. The van der Waals surface area contributed by atoms with Crippen LogP contribution in [0, 0.1) is 5.41 Å². The van der Waals surface area contributed by atoms with Gasteiger partial charge in [0.25, 0.3) is 0 Å². The second-order valence-corrected chi connectivity index (χ2v) is 6.38. The van der Waals surface area contributed by atoms with E-state index in [2.05, 4.69) is 39.7 Å². The molecule has 2 heterocycles. The molecule has 0 amide bonds. The number of hydrogen-bond donors (Lipinski definition) is 1. The minimum Gasteiger partial charge on any atom is -0.356 e. The Balaban J connectivity index is 2.28. The van der Waals surface area contributed by atoms with Crippen molar-refractivity contribution in [2.75, 3.05) is 0 Å². The summed E-state index contributed by atoms with van der Waals surface area (Å²) in [5, 5.41) is 0. The average Bonchev–Trinajstić information content (AvgIpc) is 2.52. The molecule has 2 aromatic heterocycles. The number of Topliss-reactive ketones (excluding diaryl/α,β-unsaturated/α-hetero) is 1. The molecule has 0 radical (unpaired) electrons. The molecular formula is C13H13BrN2O. The molecule has 0 saturated heterocycles. The van der Waals surface area contributed by atoms with Gasteiger partial charge in [0.2, 0.25) is 0 Å². The van der Waals surface area contributed by atoms with Crippen LogP contribution in [0.25, 0.3) is 11.0 Å². The summed E-state index contributed by atoms with van der Waals surface area (Å²) in [5.41, 5.74) is 3.63. The molecule has 4 heteroatoms. The number of fused-ring (bicyclic) bond motifs is 3. The number of aromatic nitrogens is 2. The van der Waals surface area contributed by atoms with Gasteiger partial charge in [-0.15, -0.1) is 0 Å². The summed E-state index contributed by atoms with van der Waals surface area (Å²) in [7, 11) is 0. The van der Waals surface area contributed by atoms with Crippen LogP contribution in [0.5, 0.6) is 0 Å². The molecule has 1 aliphatic rings. The van der Waals surface area contributed by atoms with E-state index in [9.17, 15) is 4.79 Å². The van der Waals surface area contributed by atoms with E-state index in [1.54, 1.807) is 6.20 Å². The van der Waals surface area contributed by atoms with Gasteiger partial charge < -0.3 is 4.98 Å². The van der Waals surface area contributed by atoms with Crippen molar-refractivity contribution in [3.05, 3.63) is 28.0 Å². The summed E-state index contributed by atoms with van der Waals surface area (Å²) in [5.74, 6) is 0.206. The van der Waals surface area contributed by atoms with Gasteiger partial charge in [0.05, 0.1) is 16.6 Å². The van der Waals surface area contributed by atoms with E-state index < -0.39 is 0 Å². The smallest absolute Gasteiger partial charge is 0.167 e. The molecule has 2 aromatic rings. The molecule has 0 aromatic carbocycles. The number of carbonyl (C=O) groups is 1. The van der Waals surface area contributed by atoms with Crippen LogP contribution in [-0.4, -0.2) is 15.8 Å². The van der Waals surface area contributed by atoms with Crippen molar-refractivity contribution in [3.63, 3.8) is 0 Å². The number of aromatic amines is 1. The summed E-state index contributed by atoms with van der Waals surface area (Å²) in [4.78, 5) is 19.9. The third-order valence-electron chi connectivity index (χ3n) is 3.25. The molecule has 0 aliphatic heterocycles. The average molecular weight is 293 g/mol. The predicted molar refractivity (Wildman–Crippen MR) is 70.2 cm³/mol. The largest absolute Gasteiger partial charge is 0.356 e. The van der Waals surface area contributed by atoms with Crippen LogP contribution in [0.3, 0.4) is 0 Å². The molecule has 0 fully saturated rings. The Labute approximate surface area is 108 Å². The first-order valence-electron chi connectivity index (χ1n) is 5.66. The van der Waals surface area contributed by atoms with E-state index in [4.69, 9.17) is 0 Å². The number of hydrogen-bond acceptors (Lipinski definition) is 2. The molecule has 88 valence electrons. The van der Waals surface area contributed by atoms with E-state index in [1.165, 1.54) is 0 Å². The van der Waals surface area contributed by atoms with Crippen LogP contribution in [-0.2, 0) is 6.42 Å². The summed E-state index contributed by atoms with van der Waals surface area (Å²) < 4.78 is 0.926. The number of H-pyrrole nitrogens is 1. The maximum absolute atomic E-state index is 12.2. The van der Waals surface area contributed by atoms with Crippen molar-refractivity contribution in [2.45, 2.75) is 26.7 Å². The van der Waals surface area contributed by atoms with Crippen LogP contribution in [0.15, 0.2) is 16.7 Å². The van der Waals surface area contributed by atoms with Crippen LogP contribution in [0.1, 0.15) is 36.3 Å². The number of pyridine rings is 1. The minimum atomic E-state index is 0.0438. The highest BCUT2D eigenvalue weighted by atomic mass is 79.9. The molecule has 0 bridgehead atoms. The van der Waals surface area contributed by atoms with E-state index in [1.807, 2.05) is 6.07 Å². The SMILES string of the molecule is CC1(C)CC(=O)c2c([nH]c3cc(Br)cnc23)C1. The van der Waals surface area contributed by atoms with Gasteiger partial charge in [-0.1, -0.05) is 13.8 Å². The molecule has 1 N–H and O–H groups in total. The van der Waals surface area contributed by atoms with E-state index in [0.717, 1.165) is 33.2 Å². The minimum absolute atomic E-state index is 0.0438. The second kappa shape index (κ2) is 3.42. The van der Waals surface area contributed by atoms with E-state index in [-0.39, 0.29) is 11.2 Å². The van der Waals surface area contributed by atoms with Gasteiger partial charge in [-0.3, -0.25) is 9.78 Å². The van der Waals surface area contributed by atoms with E-state index >= 15 is 0 Å². The summed E-state index contributed by atoms with van der Waals surface area (Å²) >= 11 is 3.40. The van der Waals surface area contributed by atoms with Gasteiger partial charge in [-0.25, -0.2) is 0 Å². The first-order chi connectivity index (χ1) is 7.96. The molecule has 3 rings (SSSR count). The van der Waals surface area contributed by atoms with Crippen LogP contribution < -0.4 is 0 Å². The Hall–Kier alpha value is -1.16. The third kappa shape index (κ3) is 1.71. The van der Waals surface area contributed by atoms with E-state index in [0.29, 0.717) is 6.42 Å². The molecule has 0 unspecified atom stereocenters. The standard InChI is InChI=1S/C13H13BrN2O/c1-13(2)4-9-11(10(17)5-13)12-8(16-9)3-7(14)6-15-12/h3,6,16H,4-5H2,1-2H3. The van der Waals surface area contributed by atoms with Gasteiger partial charge in [0.1, 0.15) is 0 Å². The maximum atomic E-state index is 12.2. The van der Waals surface area contributed by atoms with Crippen molar-refractivity contribution in [1.29, 1.82) is 0 Å². The quantitative estimate of drug-likeness (QED) is 0.808. The molecular weight excluding hydrogens is 280 g/mol. The van der Waals surface area contributed by atoms with Crippen molar-refractivity contribution >= 4 is 32.7 Å². The summed E-state index contributed by atoms with van der Waals surface area (Å²) in [6.45, 7) is 4.26. The van der Waals surface area contributed by atoms with Gasteiger partial charge in [0.15, 0.2) is 5.78 Å². The Morgan fingerprint density at radius 1 is 1.41 bits per heavy atom. The lowest BCUT2D eigenvalue weighted by molar-refractivity contribution is 0.0913. The van der Waals surface area contributed by atoms with Crippen LogP contribution in [0.4, 0.5) is 0 Å². The van der Waals surface area contributed by atoms with Crippen molar-refractivity contribution in [1.82, 2.24) is 9.97 Å². The number of nitrogens with zero attached hydrogens (tertiary/aromatic N) is 1. The number of carbonyl (C=O) groups excluding carboxylic acids is 1. The molecule has 1 aliphatic carbocycles. The Bertz CT molecular complexity index is 628. The van der Waals surface area contributed by atoms with Crippen molar-refractivity contribution < 1.29 is 4.79 Å². The summed E-state index contributed by atoms with van der Waals surface area (Å²) in [6.07, 6.45) is 3.25. The van der Waals surface area contributed by atoms with Gasteiger partial charge >= 0.3 is 0 Å². The monoisotopic (exact) mass is 292 g/mol. The molecule has 0 spiro atoms. The highest BCUT2D eigenvalue weighted by Gasteiger charge is 2.33. The molecule has 0 saturated carbocycles. The molecule has 17 heavy (non-hydrogen) atoms. The normalized spacial score (nSPS) is 18.4. The Morgan fingerprint density at radius 2 is 2.18 bits per heavy atom. The zero-order chi connectivity index (χ0) is 12.2. The second-order valence-electron chi connectivity index (χ2n) is 5.47. The first kappa shape index (κ1) is 11.0. The van der Waals surface area contributed by atoms with Gasteiger partial charge in [0, 0.05) is 22.8 Å². The van der Waals surface area contributed by atoms with Crippen molar-refractivity contribution in [2.24, 2.45) is 5.41 Å². The van der Waals surface area contributed by atoms with Crippen LogP contribution >= 0.6 is 15.9 Å². The predicted octanol–water partition coefficient (Wildman–Crippen LogP) is 3.48. The topological polar surface area (TPSA) is 45.8 Å².